The zero-order valence-corrected chi connectivity index (χ0v) is 16.3. The number of halogens is 1. The van der Waals surface area contributed by atoms with E-state index in [0.29, 0.717) is 31.2 Å². The number of imidazole rings is 1. The van der Waals surface area contributed by atoms with Gasteiger partial charge in [0, 0.05) is 44.6 Å². The molecule has 142 valence electrons. The molecule has 1 fully saturated rings. The van der Waals surface area contributed by atoms with Gasteiger partial charge in [0.2, 0.25) is 0 Å². The fourth-order valence-electron chi connectivity index (χ4n) is 3.02. The summed E-state index contributed by atoms with van der Waals surface area (Å²) < 4.78 is 7.74. The second-order valence-corrected chi connectivity index (χ2v) is 6.85. The lowest BCUT2D eigenvalue weighted by molar-refractivity contribution is 0.0620. The van der Waals surface area contributed by atoms with Crippen LogP contribution in [-0.2, 0) is 7.05 Å². The van der Waals surface area contributed by atoms with Gasteiger partial charge in [-0.25, -0.2) is 4.98 Å². The molecule has 3 rings (SSSR count). The van der Waals surface area contributed by atoms with Crippen molar-refractivity contribution in [1.29, 1.82) is 0 Å². The van der Waals surface area contributed by atoms with Crippen LogP contribution in [0, 0.1) is 5.92 Å². The highest BCUT2D eigenvalue weighted by Gasteiger charge is 2.31. The summed E-state index contributed by atoms with van der Waals surface area (Å²) in [6, 6.07) is 7.39. The number of rotatable bonds is 5. The minimum atomic E-state index is -0.0681. The van der Waals surface area contributed by atoms with Crippen molar-refractivity contribution < 1.29 is 9.53 Å². The first-order valence-corrected chi connectivity index (χ1v) is 8.78. The molecule has 1 aromatic carbocycles. The maximum atomic E-state index is 13.1. The number of hydrogen-bond donors (Lipinski definition) is 1. The van der Waals surface area contributed by atoms with Gasteiger partial charge in [0.25, 0.3) is 5.91 Å². The Hall–Kier alpha value is -2.05. The van der Waals surface area contributed by atoms with Gasteiger partial charge in [-0.15, -0.1) is 12.4 Å². The topological polar surface area (TPSA) is 59.4 Å². The number of aromatic nitrogens is 2. The Morgan fingerprint density at radius 3 is 2.92 bits per heavy atom. The SMILES string of the molecule is CC(C)COc1cccc(C(=O)N2CCNCC2c2nccn2C)c1.Cl. The van der Waals surface area contributed by atoms with Crippen molar-refractivity contribution in [1.82, 2.24) is 19.8 Å². The smallest absolute Gasteiger partial charge is 0.254 e. The van der Waals surface area contributed by atoms with Gasteiger partial charge in [-0.1, -0.05) is 19.9 Å². The predicted octanol–water partition coefficient (Wildman–Crippen LogP) is 2.66. The van der Waals surface area contributed by atoms with Crippen LogP contribution in [0.5, 0.6) is 5.75 Å². The summed E-state index contributed by atoms with van der Waals surface area (Å²) in [7, 11) is 1.96. The molecule has 0 aliphatic carbocycles. The number of carbonyl (C=O) groups is 1. The highest BCUT2D eigenvalue weighted by Crippen LogP contribution is 2.24. The Bertz CT molecular complexity index is 732. The number of nitrogens with one attached hydrogen (secondary N) is 1. The molecule has 1 aromatic heterocycles. The standard InChI is InChI=1S/C19H26N4O2.ClH/c1-14(2)13-25-16-6-4-5-15(11-16)19(24)23-10-7-20-12-17(23)18-21-8-9-22(18)3;/h4-6,8-9,11,14,17,20H,7,10,12-13H2,1-3H3;1H. The van der Waals surface area contributed by atoms with Crippen LogP contribution in [0.15, 0.2) is 36.7 Å². The Kier molecular flexibility index (Phi) is 7.06. The molecule has 0 saturated carbocycles. The molecule has 0 spiro atoms. The molecule has 1 amide bonds. The minimum absolute atomic E-state index is 0. The van der Waals surface area contributed by atoms with Gasteiger partial charge in [-0.3, -0.25) is 4.79 Å². The van der Waals surface area contributed by atoms with Crippen molar-refractivity contribution in [2.45, 2.75) is 19.9 Å². The Morgan fingerprint density at radius 2 is 2.23 bits per heavy atom. The molecule has 1 aliphatic heterocycles. The first-order chi connectivity index (χ1) is 12.1. The van der Waals surface area contributed by atoms with Gasteiger partial charge < -0.3 is 19.5 Å². The lowest BCUT2D eigenvalue weighted by Crippen LogP contribution is -2.49. The zero-order valence-electron chi connectivity index (χ0n) is 15.5. The van der Waals surface area contributed by atoms with Gasteiger partial charge in [0.05, 0.1) is 6.61 Å². The molecule has 6 nitrogen and oxygen atoms in total. The second-order valence-electron chi connectivity index (χ2n) is 6.85. The van der Waals surface area contributed by atoms with Crippen molar-refractivity contribution in [3.63, 3.8) is 0 Å². The van der Waals surface area contributed by atoms with E-state index < -0.39 is 0 Å². The zero-order chi connectivity index (χ0) is 17.8. The largest absolute Gasteiger partial charge is 0.493 e. The Morgan fingerprint density at radius 1 is 1.42 bits per heavy atom. The Labute approximate surface area is 161 Å². The maximum Gasteiger partial charge on any atom is 0.254 e. The van der Waals surface area contributed by atoms with Crippen molar-refractivity contribution in [3.05, 3.63) is 48.0 Å². The fourth-order valence-corrected chi connectivity index (χ4v) is 3.02. The van der Waals surface area contributed by atoms with Gasteiger partial charge in [-0.05, 0) is 24.1 Å². The molecule has 1 unspecified atom stereocenters. The molecular weight excluding hydrogens is 352 g/mol. The summed E-state index contributed by atoms with van der Waals surface area (Å²) in [5.41, 5.74) is 0.655. The van der Waals surface area contributed by atoms with E-state index in [2.05, 4.69) is 24.1 Å². The fraction of sp³-hybridized carbons (Fsp3) is 0.474. The number of benzene rings is 1. The highest BCUT2D eigenvalue weighted by molar-refractivity contribution is 5.95. The molecule has 26 heavy (non-hydrogen) atoms. The number of hydrogen-bond acceptors (Lipinski definition) is 4. The average molecular weight is 379 g/mol. The summed E-state index contributed by atoms with van der Waals surface area (Å²) in [5, 5.41) is 3.36. The number of ether oxygens (including phenoxy) is 1. The van der Waals surface area contributed by atoms with Crippen molar-refractivity contribution in [2.24, 2.45) is 13.0 Å². The number of piperazine rings is 1. The highest BCUT2D eigenvalue weighted by atomic mass is 35.5. The Balaban J connectivity index is 0.00000243. The van der Waals surface area contributed by atoms with E-state index in [1.165, 1.54) is 0 Å². The lowest BCUT2D eigenvalue weighted by atomic mass is 10.1. The summed E-state index contributed by atoms with van der Waals surface area (Å²) in [4.78, 5) is 19.5. The average Bonchev–Trinajstić information content (AvgIpc) is 3.05. The third-order valence-corrected chi connectivity index (χ3v) is 4.33. The summed E-state index contributed by atoms with van der Waals surface area (Å²) in [5.74, 6) is 2.10. The van der Waals surface area contributed by atoms with Crippen LogP contribution in [0.2, 0.25) is 0 Å². The van der Waals surface area contributed by atoms with Crippen molar-refractivity contribution in [2.75, 3.05) is 26.2 Å². The van der Waals surface area contributed by atoms with E-state index in [0.717, 1.165) is 18.1 Å². The summed E-state index contributed by atoms with van der Waals surface area (Å²) in [6.07, 6.45) is 3.68. The normalized spacial score (nSPS) is 17.1. The molecule has 7 heteroatoms. The lowest BCUT2D eigenvalue weighted by Gasteiger charge is -2.35. The molecular formula is C19H27ClN4O2. The van der Waals surface area contributed by atoms with Crippen LogP contribution in [0.1, 0.15) is 36.1 Å². The van der Waals surface area contributed by atoms with E-state index >= 15 is 0 Å². The molecule has 1 aliphatic rings. The predicted molar refractivity (Wildman–Crippen MR) is 104 cm³/mol. The number of aryl methyl sites for hydroxylation is 1. The van der Waals surface area contributed by atoms with Crippen molar-refractivity contribution >= 4 is 18.3 Å². The quantitative estimate of drug-likeness (QED) is 0.869. The van der Waals surface area contributed by atoms with Crippen LogP contribution < -0.4 is 10.1 Å². The first kappa shape index (κ1) is 20.3. The van der Waals surface area contributed by atoms with E-state index in [4.69, 9.17) is 4.74 Å². The molecule has 2 aromatic rings. The maximum absolute atomic E-state index is 13.1. The molecule has 1 atom stereocenters. The number of nitrogens with zero attached hydrogens (tertiary/aromatic N) is 3. The van der Waals surface area contributed by atoms with Crippen molar-refractivity contribution in [3.8, 4) is 5.75 Å². The monoisotopic (exact) mass is 378 g/mol. The molecule has 0 bridgehead atoms. The van der Waals surface area contributed by atoms with Gasteiger partial charge in [-0.2, -0.15) is 0 Å². The van der Waals surface area contributed by atoms with E-state index in [1.54, 1.807) is 6.20 Å². The first-order valence-electron chi connectivity index (χ1n) is 8.78. The van der Waals surface area contributed by atoms with Gasteiger partial charge in [0.1, 0.15) is 17.6 Å². The van der Waals surface area contributed by atoms with Gasteiger partial charge in [0.15, 0.2) is 0 Å². The molecule has 0 radical (unpaired) electrons. The third-order valence-electron chi connectivity index (χ3n) is 4.33. The minimum Gasteiger partial charge on any atom is -0.493 e. The molecule has 1 N–H and O–H groups in total. The van der Waals surface area contributed by atoms with Crippen LogP contribution in [0.3, 0.4) is 0 Å². The molecule has 2 heterocycles. The summed E-state index contributed by atoms with van der Waals surface area (Å²) >= 11 is 0. The van der Waals surface area contributed by atoms with Gasteiger partial charge >= 0.3 is 0 Å². The number of amides is 1. The van der Waals surface area contributed by atoms with E-state index in [1.807, 2.05) is 47.0 Å². The van der Waals surface area contributed by atoms with Crippen LogP contribution in [0.25, 0.3) is 0 Å². The van der Waals surface area contributed by atoms with Crippen LogP contribution in [-0.4, -0.2) is 46.6 Å². The van der Waals surface area contributed by atoms with Crippen LogP contribution in [0.4, 0.5) is 0 Å². The third kappa shape index (κ3) is 4.56. The van der Waals surface area contributed by atoms with E-state index in [9.17, 15) is 4.79 Å². The van der Waals surface area contributed by atoms with E-state index in [-0.39, 0.29) is 24.4 Å². The summed E-state index contributed by atoms with van der Waals surface area (Å²) in [6.45, 7) is 7.01. The second kappa shape index (κ2) is 9.05. The molecule has 1 saturated heterocycles. The van der Waals surface area contributed by atoms with Crippen LogP contribution >= 0.6 is 12.4 Å². The number of carbonyl (C=O) groups excluding carboxylic acids is 1.